The van der Waals surface area contributed by atoms with Crippen molar-refractivity contribution in [1.29, 1.82) is 0 Å². The molecule has 0 aliphatic heterocycles. The zero-order valence-electron chi connectivity index (χ0n) is 12.1. The lowest BCUT2D eigenvalue weighted by atomic mass is 9.86. The van der Waals surface area contributed by atoms with Gasteiger partial charge < -0.3 is 15.2 Å². The van der Waals surface area contributed by atoms with Crippen molar-refractivity contribution in [3.8, 4) is 0 Å². The van der Waals surface area contributed by atoms with Crippen molar-refractivity contribution in [2.24, 2.45) is 17.8 Å². The molecule has 0 aromatic heterocycles. The number of fused-ring (bicyclic) bond motifs is 2. The van der Waals surface area contributed by atoms with Crippen molar-refractivity contribution < 1.29 is 19.4 Å². The van der Waals surface area contributed by atoms with E-state index >= 15 is 0 Å². The Balaban J connectivity index is 1.61. The first-order valence-corrected chi connectivity index (χ1v) is 7.71. The second-order valence-electron chi connectivity index (χ2n) is 6.04. The van der Waals surface area contributed by atoms with E-state index in [-0.39, 0.29) is 13.0 Å². The fourth-order valence-corrected chi connectivity index (χ4v) is 3.70. The zero-order valence-corrected chi connectivity index (χ0v) is 12.1. The maximum atomic E-state index is 11.6. The van der Waals surface area contributed by atoms with Gasteiger partial charge in [0.25, 0.3) is 0 Å². The van der Waals surface area contributed by atoms with Crippen LogP contribution in [0.5, 0.6) is 0 Å². The summed E-state index contributed by atoms with van der Waals surface area (Å²) in [6.45, 7) is 2.55. The van der Waals surface area contributed by atoms with Gasteiger partial charge in [-0.05, 0) is 50.4 Å². The van der Waals surface area contributed by atoms with Crippen LogP contribution in [0.1, 0.15) is 45.4 Å². The van der Waals surface area contributed by atoms with Crippen LogP contribution in [0, 0.1) is 17.8 Å². The van der Waals surface area contributed by atoms with Gasteiger partial charge in [0.1, 0.15) is 6.10 Å². The fourth-order valence-electron chi connectivity index (χ4n) is 3.70. The monoisotopic (exact) mass is 283 g/mol. The molecule has 2 aliphatic rings. The molecule has 0 radical (unpaired) electrons. The SMILES string of the molecule is CCOC(=O)C[C@@H](O)C(=O)NCC[C@H]1C[C@H]2CC[C@H]1C2. The average Bonchev–Trinajstić information content (AvgIpc) is 3.01. The highest BCUT2D eigenvalue weighted by Crippen LogP contribution is 2.49. The molecular weight excluding hydrogens is 258 g/mol. The van der Waals surface area contributed by atoms with E-state index in [0.717, 1.165) is 24.2 Å². The largest absolute Gasteiger partial charge is 0.466 e. The maximum absolute atomic E-state index is 11.6. The summed E-state index contributed by atoms with van der Waals surface area (Å²) in [7, 11) is 0. The van der Waals surface area contributed by atoms with Crippen molar-refractivity contribution in [1.82, 2.24) is 5.32 Å². The van der Waals surface area contributed by atoms with Crippen molar-refractivity contribution in [3.05, 3.63) is 0 Å². The van der Waals surface area contributed by atoms with Crippen molar-refractivity contribution in [2.45, 2.75) is 51.6 Å². The van der Waals surface area contributed by atoms with Gasteiger partial charge in [-0.3, -0.25) is 9.59 Å². The van der Waals surface area contributed by atoms with Gasteiger partial charge in [0.2, 0.25) is 5.91 Å². The van der Waals surface area contributed by atoms with Crippen LogP contribution in [0.2, 0.25) is 0 Å². The number of hydrogen-bond donors (Lipinski definition) is 2. The number of rotatable bonds is 7. The normalized spacial score (nSPS) is 29.2. The van der Waals surface area contributed by atoms with Gasteiger partial charge in [0.15, 0.2) is 0 Å². The van der Waals surface area contributed by atoms with Gasteiger partial charge in [-0.1, -0.05) is 6.42 Å². The van der Waals surface area contributed by atoms with Crippen LogP contribution in [0.3, 0.4) is 0 Å². The second-order valence-corrected chi connectivity index (χ2v) is 6.04. The number of ether oxygens (including phenoxy) is 1. The number of aliphatic hydroxyl groups excluding tert-OH is 1. The third-order valence-electron chi connectivity index (χ3n) is 4.67. The smallest absolute Gasteiger partial charge is 0.308 e. The van der Waals surface area contributed by atoms with Gasteiger partial charge in [0.05, 0.1) is 13.0 Å². The molecule has 2 bridgehead atoms. The lowest BCUT2D eigenvalue weighted by Crippen LogP contribution is -2.37. The Morgan fingerprint density at radius 2 is 2.15 bits per heavy atom. The van der Waals surface area contributed by atoms with E-state index in [1.807, 2.05) is 0 Å². The van der Waals surface area contributed by atoms with E-state index in [4.69, 9.17) is 4.74 Å². The van der Waals surface area contributed by atoms with Crippen LogP contribution >= 0.6 is 0 Å². The summed E-state index contributed by atoms with van der Waals surface area (Å²) >= 11 is 0. The Kier molecular flexibility index (Phi) is 5.40. The highest BCUT2D eigenvalue weighted by atomic mass is 16.5. The Hall–Kier alpha value is -1.10. The number of aliphatic hydroxyl groups is 1. The molecule has 0 saturated heterocycles. The van der Waals surface area contributed by atoms with Crippen LogP contribution in [-0.4, -0.2) is 36.2 Å². The Morgan fingerprint density at radius 1 is 1.35 bits per heavy atom. The number of amides is 1. The third-order valence-corrected chi connectivity index (χ3v) is 4.67. The molecular formula is C15H25NO4. The molecule has 0 unspecified atom stereocenters. The first-order valence-electron chi connectivity index (χ1n) is 7.71. The Morgan fingerprint density at radius 3 is 2.75 bits per heavy atom. The number of carbonyl (C=O) groups is 2. The standard InChI is InChI=1S/C15H25NO4/c1-2-20-14(18)9-13(17)15(19)16-6-5-12-8-10-3-4-11(12)7-10/h10-13,17H,2-9H2,1H3,(H,16,19)/t10-,11-,12-,13+/m0/s1. The summed E-state index contributed by atoms with van der Waals surface area (Å²) in [4.78, 5) is 22.8. The van der Waals surface area contributed by atoms with Crippen molar-refractivity contribution in [3.63, 3.8) is 0 Å². The molecule has 2 fully saturated rings. The summed E-state index contributed by atoms with van der Waals surface area (Å²) in [5.74, 6) is 1.48. The van der Waals surface area contributed by atoms with Gasteiger partial charge in [-0.2, -0.15) is 0 Å². The molecule has 0 heterocycles. The molecule has 2 N–H and O–H groups in total. The molecule has 0 aromatic carbocycles. The van der Waals surface area contributed by atoms with Gasteiger partial charge >= 0.3 is 5.97 Å². The molecule has 0 aromatic rings. The molecule has 2 saturated carbocycles. The van der Waals surface area contributed by atoms with E-state index < -0.39 is 18.0 Å². The first kappa shape index (κ1) is 15.3. The Bertz CT molecular complexity index is 358. The fraction of sp³-hybridized carbons (Fsp3) is 0.867. The highest BCUT2D eigenvalue weighted by Gasteiger charge is 2.38. The highest BCUT2D eigenvalue weighted by molar-refractivity contribution is 5.85. The predicted octanol–water partition coefficient (Wildman–Crippen LogP) is 1.24. The van der Waals surface area contributed by atoms with E-state index in [1.54, 1.807) is 6.92 Å². The number of nitrogens with one attached hydrogen (secondary N) is 1. The van der Waals surface area contributed by atoms with Crippen LogP contribution in [0.15, 0.2) is 0 Å². The predicted molar refractivity (Wildman–Crippen MR) is 73.8 cm³/mol. The molecule has 5 nitrogen and oxygen atoms in total. The molecule has 1 amide bonds. The van der Waals surface area contributed by atoms with Crippen LogP contribution in [-0.2, 0) is 14.3 Å². The molecule has 0 spiro atoms. The first-order chi connectivity index (χ1) is 9.60. The van der Waals surface area contributed by atoms with Gasteiger partial charge in [-0.15, -0.1) is 0 Å². The molecule has 114 valence electrons. The minimum atomic E-state index is -1.30. The third kappa shape index (κ3) is 3.95. The Labute approximate surface area is 120 Å². The van der Waals surface area contributed by atoms with E-state index in [2.05, 4.69) is 5.32 Å². The quantitative estimate of drug-likeness (QED) is 0.689. The summed E-state index contributed by atoms with van der Waals surface area (Å²) < 4.78 is 4.70. The van der Waals surface area contributed by atoms with Gasteiger partial charge in [0, 0.05) is 6.54 Å². The molecule has 4 atom stereocenters. The summed E-state index contributed by atoms with van der Waals surface area (Å²) in [6.07, 6.45) is 4.80. The number of hydrogen-bond acceptors (Lipinski definition) is 4. The second kappa shape index (κ2) is 7.07. The van der Waals surface area contributed by atoms with Crippen LogP contribution < -0.4 is 5.32 Å². The summed E-state index contributed by atoms with van der Waals surface area (Å²) in [5.41, 5.74) is 0. The number of carbonyl (C=O) groups excluding carboxylic acids is 2. The average molecular weight is 283 g/mol. The van der Waals surface area contributed by atoms with Crippen LogP contribution in [0.4, 0.5) is 0 Å². The topological polar surface area (TPSA) is 75.6 Å². The number of esters is 1. The minimum Gasteiger partial charge on any atom is -0.466 e. The van der Waals surface area contributed by atoms with E-state index in [1.165, 1.54) is 25.7 Å². The molecule has 20 heavy (non-hydrogen) atoms. The summed E-state index contributed by atoms with van der Waals surface area (Å²) in [5, 5.41) is 12.3. The van der Waals surface area contributed by atoms with Crippen molar-refractivity contribution >= 4 is 11.9 Å². The van der Waals surface area contributed by atoms with E-state index in [0.29, 0.717) is 6.54 Å². The van der Waals surface area contributed by atoms with E-state index in [9.17, 15) is 14.7 Å². The maximum Gasteiger partial charge on any atom is 0.308 e. The lowest BCUT2D eigenvalue weighted by Gasteiger charge is -2.21. The van der Waals surface area contributed by atoms with Crippen molar-refractivity contribution in [2.75, 3.05) is 13.2 Å². The van der Waals surface area contributed by atoms with Crippen LogP contribution in [0.25, 0.3) is 0 Å². The minimum absolute atomic E-state index is 0.261. The molecule has 2 aliphatic carbocycles. The molecule has 2 rings (SSSR count). The van der Waals surface area contributed by atoms with Gasteiger partial charge in [-0.25, -0.2) is 0 Å². The zero-order chi connectivity index (χ0) is 14.5. The molecule has 5 heteroatoms. The lowest BCUT2D eigenvalue weighted by molar-refractivity contribution is -0.148. The summed E-state index contributed by atoms with van der Waals surface area (Å²) in [6, 6.07) is 0.